The van der Waals surface area contributed by atoms with Gasteiger partial charge in [0.25, 0.3) is 5.91 Å². The van der Waals surface area contributed by atoms with Gasteiger partial charge in [0.05, 0.1) is 0 Å². The predicted octanol–water partition coefficient (Wildman–Crippen LogP) is 2.83. The summed E-state index contributed by atoms with van der Waals surface area (Å²) >= 11 is 6.11. The number of hydrogen-bond acceptors (Lipinski definition) is 5. The van der Waals surface area contributed by atoms with Gasteiger partial charge in [-0.25, -0.2) is 9.97 Å². The van der Waals surface area contributed by atoms with E-state index in [1.165, 1.54) is 6.33 Å². The third-order valence-electron chi connectivity index (χ3n) is 4.54. The smallest absolute Gasteiger partial charge is 0.274 e. The molecule has 2 aromatic rings. The third kappa shape index (κ3) is 4.08. The maximum Gasteiger partial charge on any atom is 0.274 e. The summed E-state index contributed by atoms with van der Waals surface area (Å²) < 4.78 is 0. The average Bonchev–Trinajstić information content (AvgIpc) is 2.65. The van der Waals surface area contributed by atoms with Crippen LogP contribution in [0.15, 0.2) is 30.6 Å². The molecule has 1 amide bonds. The van der Waals surface area contributed by atoms with Crippen LogP contribution in [0.4, 0.5) is 11.5 Å². The van der Waals surface area contributed by atoms with Gasteiger partial charge in [0.1, 0.15) is 17.8 Å². The van der Waals surface area contributed by atoms with Gasteiger partial charge in [-0.05, 0) is 31.2 Å². The normalized spacial score (nSPS) is 15.2. The summed E-state index contributed by atoms with van der Waals surface area (Å²) in [6.07, 6.45) is 1.45. The van der Waals surface area contributed by atoms with Gasteiger partial charge < -0.3 is 15.1 Å². The van der Waals surface area contributed by atoms with Crippen LogP contribution in [0.1, 0.15) is 23.0 Å². The van der Waals surface area contributed by atoms with E-state index in [9.17, 15) is 4.79 Å². The molecule has 1 aromatic heterocycles. The summed E-state index contributed by atoms with van der Waals surface area (Å²) in [7, 11) is 0. The van der Waals surface area contributed by atoms with Crippen molar-refractivity contribution in [1.29, 1.82) is 0 Å². The fraction of sp³-hybridized carbons (Fsp3) is 0.389. The minimum Gasteiger partial charge on any atom is -0.354 e. The van der Waals surface area contributed by atoms with Crippen LogP contribution in [0, 0.1) is 6.92 Å². The van der Waals surface area contributed by atoms with E-state index in [0.717, 1.165) is 44.1 Å². The number of halogens is 1. The van der Waals surface area contributed by atoms with Gasteiger partial charge in [-0.15, -0.1) is 0 Å². The Morgan fingerprint density at radius 1 is 1.24 bits per heavy atom. The van der Waals surface area contributed by atoms with E-state index in [2.05, 4.69) is 32.0 Å². The van der Waals surface area contributed by atoms with Crippen LogP contribution < -0.4 is 10.2 Å². The van der Waals surface area contributed by atoms with Crippen molar-refractivity contribution in [3.8, 4) is 0 Å². The highest BCUT2D eigenvalue weighted by molar-refractivity contribution is 6.31. The van der Waals surface area contributed by atoms with Crippen molar-refractivity contribution in [2.75, 3.05) is 42.9 Å². The largest absolute Gasteiger partial charge is 0.354 e. The Labute approximate surface area is 152 Å². The van der Waals surface area contributed by atoms with Crippen LogP contribution in [0.25, 0.3) is 0 Å². The molecule has 1 aromatic carbocycles. The molecule has 1 aliphatic heterocycles. The van der Waals surface area contributed by atoms with Crippen molar-refractivity contribution in [2.24, 2.45) is 0 Å². The Bertz CT molecular complexity index is 759. The number of nitrogens with one attached hydrogen (secondary N) is 1. The second-order valence-electron chi connectivity index (χ2n) is 6.05. The molecular formula is C18H22ClN5O. The number of benzene rings is 1. The van der Waals surface area contributed by atoms with Crippen molar-refractivity contribution < 1.29 is 4.79 Å². The quantitative estimate of drug-likeness (QED) is 0.909. The molecule has 132 valence electrons. The first-order valence-electron chi connectivity index (χ1n) is 8.44. The lowest BCUT2D eigenvalue weighted by Crippen LogP contribution is -2.46. The van der Waals surface area contributed by atoms with Gasteiger partial charge in [0.2, 0.25) is 0 Å². The van der Waals surface area contributed by atoms with Gasteiger partial charge in [-0.3, -0.25) is 4.79 Å². The molecule has 1 aliphatic rings. The Morgan fingerprint density at radius 2 is 2.00 bits per heavy atom. The molecule has 1 saturated heterocycles. The van der Waals surface area contributed by atoms with Crippen LogP contribution in [-0.4, -0.2) is 53.5 Å². The Kier molecular flexibility index (Phi) is 5.50. The lowest BCUT2D eigenvalue weighted by molar-refractivity contribution is 0.102. The van der Waals surface area contributed by atoms with Crippen molar-refractivity contribution in [1.82, 2.24) is 14.9 Å². The summed E-state index contributed by atoms with van der Waals surface area (Å²) in [6.45, 7) is 8.91. The standard InChI is InChI=1S/C18H22ClN5O/c1-3-23-7-9-24(10-8-23)17-11-16(20-12-21-17)18(25)22-15-6-4-5-14(19)13(15)2/h4-6,11-12H,3,7-10H2,1-2H3,(H,22,25). The first-order valence-corrected chi connectivity index (χ1v) is 8.82. The van der Waals surface area contributed by atoms with Crippen LogP contribution in [0.2, 0.25) is 5.02 Å². The summed E-state index contributed by atoms with van der Waals surface area (Å²) in [5.74, 6) is 0.528. The zero-order chi connectivity index (χ0) is 17.8. The highest BCUT2D eigenvalue weighted by Crippen LogP contribution is 2.23. The molecule has 1 fully saturated rings. The van der Waals surface area contributed by atoms with Gasteiger partial charge in [-0.2, -0.15) is 0 Å². The lowest BCUT2D eigenvalue weighted by Gasteiger charge is -2.34. The van der Waals surface area contributed by atoms with Crippen molar-refractivity contribution >= 4 is 29.0 Å². The number of aromatic nitrogens is 2. The van der Waals surface area contributed by atoms with E-state index in [1.54, 1.807) is 12.1 Å². The molecule has 6 nitrogen and oxygen atoms in total. The highest BCUT2D eigenvalue weighted by Gasteiger charge is 2.18. The zero-order valence-corrected chi connectivity index (χ0v) is 15.3. The molecule has 3 rings (SSSR count). The van der Waals surface area contributed by atoms with E-state index in [4.69, 9.17) is 11.6 Å². The first kappa shape index (κ1) is 17.6. The van der Waals surface area contributed by atoms with Crippen molar-refractivity contribution in [2.45, 2.75) is 13.8 Å². The summed E-state index contributed by atoms with van der Waals surface area (Å²) in [6, 6.07) is 7.18. The van der Waals surface area contributed by atoms with Gasteiger partial charge >= 0.3 is 0 Å². The molecule has 0 spiro atoms. The summed E-state index contributed by atoms with van der Waals surface area (Å²) in [5, 5.41) is 3.49. The van der Waals surface area contributed by atoms with E-state index in [0.29, 0.717) is 16.4 Å². The van der Waals surface area contributed by atoms with Crippen LogP contribution in [-0.2, 0) is 0 Å². The Hall–Kier alpha value is -2.18. The maximum atomic E-state index is 12.5. The average molecular weight is 360 g/mol. The molecule has 0 saturated carbocycles. The van der Waals surface area contributed by atoms with Gasteiger partial charge in [0.15, 0.2) is 0 Å². The molecule has 2 heterocycles. The maximum absolute atomic E-state index is 12.5. The molecule has 1 N–H and O–H groups in total. The first-order chi connectivity index (χ1) is 12.1. The number of piperazine rings is 1. The zero-order valence-electron chi connectivity index (χ0n) is 14.5. The van der Waals surface area contributed by atoms with E-state index >= 15 is 0 Å². The monoisotopic (exact) mass is 359 g/mol. The SMILES string of the molecule is CCN1CCN(c2cc(C(=O)Nc3cccc(Cl)c3C)ncn2)CC1. The summed E-state index contributed by atoms with van der Waals surface area (Å²) in [5.41, 5.74) is 1.87. The minimum absolute atomic E-state index is 0.263. The minimum atomic E-state index is -0.263. The van der Waals surface area contributed by atoms with Crippen LogP contribution in [0.5, 0.6) is 0 Å². The highest BCUT2D eigenvalue weighted by atomic mass is 35.5. The molecule has 0 radical (unpaired) electrons. The molecule has 0 atom stereocenters. The predicted molar refractivity (Wildman–Crippen MR) is 101 cm³/mol. The fourth-order valence-corrected chi connectivity index (χ4v) is 3.04. The van der Waals surface area contributed by atoms with E-state index < -0.39 is 0 Å². The second-order valence-corrected chi connectivity index (χ2v) is 6.46. The fourth-order valence-electron chi connectivity index (χ4n) is 2.87. The van der Waals surface area contributed by atoms with Gasteiger partial charge in [0, 0.05) is 43.0 Å². The molecule has 0 unspecified atom stereocenters. The van der Waals surface area contributed by atoms with E-state index in [1.807, 2.05) is 19.1 Å². The number of hydrogen-bond donors (Lipinski definition) is 1. The second kappa shape index (κ2) is 7.80. The number of amides is 1. The molecule has 25 heavy (non-hydrogen) atoms. The Balaban J connectivity index is 1.73. The number of anilines is 2. The third-order valence-corrected chi connectivity index (χ3v) is 4.95. The number of rotatable bonds is 4. The van der Waals surface area contributed by atoms with E-state index in [-0.39, 0.29) is 5.91 Å². The molecule has 0 bridgehead atoms. The van der Waals surface area contributed by atoms with Crippen LogP contribution in [0.3, 0.4) is 0 Å². The molecule has 7 heteroatoms. The lowest BCUT2D eigenvalue weighted by atomic mass is 10.2. The summed E-state index contributed by atoms with van der Waals surface area (Å²) in [4.78, 5) is 25.6. The number of likely N-dealkylation sites (N-methyl/N-ethyl adjacent to an activating group) is 1. The topological polar surface area (TPSA) is 61.4 Å². The molecular weight excluding hydrogens is 338 g/mol. The van der Waals surface area contributed by atoms with Gasteiger partial charge in [-0.1, -0.05) is 24.6 Å². The number of nitrogens with zero attached hydrogens (tertiary/aromatic N) is 4. The molecule has 0 aliphatic carbocycles. The van der Waals surface area contributed by atoms with Crippen molar-refractivity contribution in [3.05, 3.63) is 46.9 Å². The van der Waals surface area contributed by atoms with Crippen LogP contribution >= 0.6 is 11.6 Å². The van der Waals surface area contributed by atoms with Crippen molar-refractivity contribution in [3.63, 3.8) is 0 Å². The number of carbonyl (C=O) groups is 1. The Morgan fingerprint density at radius 3 is 2.72 bits per heavy atom. The number of carbonyl (C=O) groups excluding carboxylic acids is 1.